The molecule has 0 aromatic carbocycles. The molecule has 114 valence electrons. The third-order valence-electron chi connectivity index (χ3n) is 2.13. The van der Waals surface area contributed by atoms with E-state index in [0.717, 1.165) is 0 Å². The van der Waals surface area contributed by atoms with Gasteiger partial charge in [-0.2, -0.15) is 0 Å². The fourth-order valence-corrected chi connectivity index (χ4v) is 1.20. The maximum atomic E-state index is 11.2. The van der Waals surface area contributed by atoms with Gasteiger partial charge in [-0.25, -0.2) is 4.79 Å². The lowest BCUT2D eigenvalue weighted by molar-refractivity contribution is -0.0494. The fraction of sp³-hybridized carbons (Fsp3) is 0.917. The standard InChI is InChI=1S/C12H25NO6/c1-2-13-12(16)19-10-11(18-8-4-6-15)9-17-7-3-5-14/h11,14-15H,2-10H2,1H3,(H,13,16). The van der Waals surface area contributed by atoms with Crippen molar-refractivity contribution in [2.75, 3.05) is 46.2 Å². The van der Waals surface area contributed by atoms with Crippen molar-refractivity contribution in [3.63, 3.8) is 0 Å². The quantitative estimate of drug-likeness (QED) is 0.432. The highest BCUT2D eigenvalue weighted by Gasteiger charge is 2.12. The van der Waals surface area contributed by atoms with Crippen LogP contribution < -0.4 is 5.32 Å². The average molecular weight is 279 g/mol. The summed E-state index contributed by atoms with van der Waals surface area (Å²) >= 11 is 0. The molecule has 19 heavy (non-hydrogen) atoms. The molecule has 1 amide bonds. The molecular weight excluding hydrogens is 254 g/mol. The molecule has 0 rings (SSSR count). The first-order valence-corrected chi connectivity index (χ1v) is 6.56. The SMILES string of the molecule is CCNC(=O)OCC(COCCCO)OCCCO. The van der Waals surface area contributed by atoms with Gasteiger partial charge in [0.25, 0.3) is 0 Å². The third kappa shape index (κ3) is 11.9. The van der Waals surface area contributed by atoms with Crippen molar-refractivity contribution >= 4 is 6.09 Å². The number of ether oxygens (including phenoxy) is 3. The molecular formula is C12H25NO6. The number of carbonyl (C=O) groups is 1. The predicted molar refractivity (Wildman–Crippen MR) is 69.0 cm³/mol. The van der Waals surface area contributed by atoms with Gasteiger partial charge in [0.1, 0.15) is 12.7 Å². The Morgan fingerprint density at radius 3 is 2.47 bits per heavy atom. The zero-order valence-corrected chi connectivity index (χ0v) is 11.5. The lowest BCUT2D eigenvalue weighted by Crippen LogP contribution is -2.32. The first-order valence-electron chi connectivity index (χ1n) is 6.56. The monoisotopic (exact) mass is 279 g/mol. The Hall–Kier alpha value is -0.890. The number of hydrogen-bond donors (Lipinski definition) is 3. The Kier molecular flexibility index (Phi) is 12.9. The summed E-state index contributed by atoms with van der Waals surface area (Å²) in [5.41, 5.74) is 0. The minimum absolute atomic E-state index is 0.0509. The van der Waals surface area contributed by atoms with Crippen LogP contribution in [-0.4, -0.2) is 68.6 Å². The van der Waals surface area contributed by atoms with E-state index in [1.165, 1.54) is 0 Å². The van der Waals surface area contributed by atoms with E-state index in [0.29, 0.717) is 32.6 Å². The molecule has 0 aliphatic heterocycles. The molecule has 1 unspecified atom stereocenters. The lowest BCUT2D eigenvalue weighted by Gasteiger charge is -2.18. The first kappa shape index (κ1) is 18.1. The maximum Gasteiger partial charge on any atom is 0.407 e. The van der Waals surface area contributed by atoms with E-state index in [4.69, 9.17) is 24.4 Å². The van der Waals surface area contributed by atoms with Crippen molar-refractivity contribution in [1.82, 2.24) is 5.32 Å². The van der Waals surface area contributed by atoms with Crippen LogP contribution in [-0.2, 0) is 14.2 Å². The molecule has 0 saturated heterocycles. The van der Waals surface area contributed by atoms with Crippen LogP contribution in [0, 0.1) is 0 Å². The van der Waals surface area contributed by atoms with Gasteiger partial charge in [0.2, 0.25) is 0 Å². The van der Waals surface area contributed by atoms with Crippen molar-refractivity contribution in [2.24, 2.45) is 0 Å². The third-order valence-corrected chi connectivity index (χ3v) is 2.13. The van der Waals surface area contributed by atoms with Gasteiger partial charge < -0.3 is 29.7 Å². The summed E-state index contributed by atoms with van der Waals surface area (Å²) in [7, 11) is 0. The van der Waals surface area contributed by atoms with Gasteiger partial charge in [-0.15, -0.1) is 0 Å². The summed E-state index contributed by atoms with van der Waals surface area (Å²) < 4.78 is 15.7. The topological polar surface area (TPSA) is 97.3 Å². The Morgan fingerprint density at radius 2 is 1.84 bits per heavy atom. The largest absolute Gasteiger partial charge is 0.447 e. The summed E-state index contributed by atoms with van der Waals surface area (Å²) in [5.74, 6) is 0. The Labute approximate surface area is 113 Å². The van der Waals surface area contributed by atoms with Gasteiger partial charge in [0.15, 0.2) is 0 Å². The molecule has 0 aromatic rings. The number of carbonyl (C=O) groups excluding carboxylic acids is 1. The smallest absolute Gasteiger partial charge is 0.407 e. The molecule has 0 radical (unpaired) electrons. The summed E-state index contributed by atoms with van der Waals surface area (Å²) in [6, 6.07) is 0. The van der Waals surface area contributed by atoms with Gasteiger partial charge in [0.05, 0.1) is 6.61 Å². The van der Waals surface area contributed by atoms with E-state index in [2.05, 4.69) is 5.32 Å². The Balaban J connectivity index is 3.84. The Morgan fingerprint density at radius 1 is 1.16 bits per heavy atom. The van der Waals surface area contributed by atoms with E-state index in [1.54, 1.807) is 6.92 Å². The molecule has 0 aromatic heterocycles. The maximum absolute atomic E-state index is 11.2. The lowest BCUT2D eigenvalue weighted by atomic mass is 10.4. The van der Waals surface area contributed by atoms with E-state index < -0.39 is 6.09 Å². The second-order valence-corrected chi connectivity index (χ2v) is 3.85. The van der Waals surface area contributed by atoms with Crippen LogP contribution in [0.2, 0.25) is 0 Å². The predicted octanol–water partition coefficient (Wildman–Crippen LogP) is -0.101. The van der Waals surface area contributed by atoms with Crippen LogP contribution in [0.1, 0.15) is 19.8 Å². The molecule has 3 N–H and O–H groups in total. The highest BCUT2D eigenvalue weighted by molar-refractivity contribution is 5.66. The molecule has 0 heterocycles. The molecule has 1 atom stereocenters. The number of aliphatic hydroxyl groups excluding tert-OH is 2. The van der Waals surface area contributed by atoms with E-state index in [1.807, 2.05) is 0 Å². The van der Waals surface area contributed by atoms with Crippen molar-refractivity contribution in [1.29, 1.82) is 0 Å². The highest BCUT2D eigenvalue weighted by Crippen LogP contribution is 1.98. The van der Waals surface area contributed by atoms with E-state index in [9.17, 15) is 4.79 Å². The number of nitrogens with one attached hydrogen (secondary N) is 1. The summed E-state index contributed by atoms with van der Waals surface area (Å²) in [6.45, 7) is 3.61. The number of hydrogen-bond acceptors (Lipinski definition) is 6. The normalized spacial score (nSPS) is 12.2. The molecule has 7 heteroatoms. The summed E-state index contributed by atoms with van der Waals surface area (Å²) in [6.07, 6.45) is 0.218. The molecule has 0 spiro atoms. The molecule has 0 fully saturated rings. The highest BCUT2D eigenvalue weighted by atomic mass is 16.6. The van der Waals surface area contributed by atoms with Gasteiger partial charge in [-0.3, -0.25) is 0 Å². The van der Waals surface area contributed by atoms with Gasteiger partial charge >= 0.3 is 6.09 Å². The van der Waals surface area contributed by atoms with Gasteiger partial charge in [-0.1, -0.05) is 0 Å². The number of alkyl carbamates (subject to hydrolysis) is 1. The molecule has 7 nitrogen and oxygen atoms in total. The van der Waals surface area contributed by atoms with Crippen LogP contribution in [0.5, 0.6) is 0 Å². The van der Waals surface area contributed by atoms with E-state index in [-0.39, 0.29) is 32.5 Å². The molecule has 0 aliphatic rings. The summed E-state index contributed by atoms with van der Waals surface area (Å²) in [5, 5.41) is 19.8. The second kappa shape index (κ2) is 13.5. The van der Waals surface area contributed by atoms with Crippen molar-refractivity contribution < 1.29 is 29.2 Å². The molecule has 0 saturated carbocycles. The van der Waals surface area contributed by atoms with Crippen LogP contribution in [0.15, 0.2) is 0 Å². The second-order valence-electron chi connectivity index (χ2n) is 3.85. The van der Waals surface area contributed by atoms with Crippen molar-refractivity contribution in [2.45, 2.75) is 25.9 Å². The average Bonchev–Trinajstić information content (AvgIpc) is 2.40. The van der Waals surface area contributed by atoms with Crippen LogP contribution >= 0.6 is 0 Å². The van der Waals surface area contributed by atoms with Crippen LogP contribution in [0.25, 0.3) is 0 Å². The van der Waals surface area contributed by atoms with Crippen molar-refractivity contribution in [3.05, 3.63) is 0 Å². The minimum atomic E-state index is -0.492. The number of rotatable bonds is 12. The van der Waals surface area contributed by atoms with Crippen LogP contribution in [0.3, 0.4) is 0 Å². The first-order chi connectivity index (χ1) is 9.24. The number of aliphatic hydroxyl groups is 2. The Bertz CT molecular complexity index is 214. The summed E-state index contributed by atoms with van der Waals surface area (Å²) in [4.78, 5) is 11.2. The minimum Gasteiger partial charge on any atom is -0.447 e. The molecule has 0 aliphatic carbocycles. The van der Waals surface area contributed by atoms with Crippen molar-refractivity contribution in [3.8, 4) is 0 Å². The van der Waals surface area contributed by atoms with Gasteiger partial charge in [-0.05, 0) is 19.8 Å². The zero-order valence-electron chi connectivity index (χ0n) is 11.5. The number of amides is 1. The van der Waals surface area contributed by atoms with Gasteiger partial charge in [0, 0.05) is 33.0 Å². The van der Waals surface area contributed by atoms with E-state index >= 15 is 0 Å². The zero-order chi connectivity index (χ0) is 14.3. The fourth-order valence-electron chi connectivity index (χ4n) is 1.20. The molecule has 0 bridgehead atoms. The van der Waals surface area contributed by atoms with Crippen LogP contribution in [0.4, 0.5) is 4.79 Å².